The number of nitrogens with zero attached hydrogens (tertiary/aromatic N) is 3. The summed E-state index contributed by atoms with van der Waals surface area (Å²) in [6, 6.07) is 12.1. The zero-order chi connectivity index (χ0) is 21.3. The van der Waals surface area contributed by atoms with Crippen molar-refractivity contribution in [3.8, 4) is 10.6 Å². The van der Waals surface area contributed by atoms with Gasteiger partial charge in [0.1, 0.15) is 11.0 Å². The first-order valence-corrected chi connectivity index (χ1v) is 11.0. The van der Waals surface area contributed by atoms with Crippen molar-refractivity contribution in [2.45, 2.75) is 25.8 Å². The molecule has 1 aliphatic rings. The van der Waals surface area contributed by atoms with Crippen molar-refractivity contribution < 1.29 is 9.59 Å². The van der Waals surface area contributed by atoms with Crippen molar-refractivity contribution in [3.05, 3.63) is 63.6 Å². The molecule has 0 radical (unpaired) electrons. The van der Waals surface area contributed by atoms with Crippen LogP contribution < -0.4 is 5.32 Å². The second-order valence-corrected chi connectivity index (χ2v) is 8.87. The summed E-state index contributed by atoms with van der Waals surface area (Å²) in [7, 11) is 0. The van der Waals surface area contributed by atoms with E-state index in [2.05, 4.69) is 15.5 Å². The van der Waals surface area contributed by atoms with Crippen LogP contribution in [0, 0.1) is 6.92 Å². The van der Waals surface area contributed by atoms with Crippen molar-refractivity contribution in [1.82, 2.24) is 15.1 Å². The lowest BCUT2D eigenvalue weighted by Gasteiger charge is -2.24. The van der Waals surface area contributed by atoms with Gasteiger partial charge in [-0.15, -0.1) is 10.2 Å². The average Bonchev–Trinajstić information content (AvgIpc) is 3.38. The smallest absolute Gasteiger partial charge is 0.256 e. The summed E-state index contributed by atoms with van der Waals surface area (Å²) in [5.74, 6) is -0.565. The van der Waals surface area contributed by atoms with E-state index in [0.29, 0.717) is 28.7 Å². The molecule has 30 heavy (non-hydrogen) atoms. The molecule has 1 fully saturated rings. The van der Waals surface area contributed by atoms with E-state index in [1.165, 1.54) is 17.4 Å². The third-order valence-corrected chi connectivity index (χ3v) is 6.37. The second-order valence-electron chi connectivity index (χ2n) is 7.05. The number of carbonyl (C=O) groups excluding carboxylic acids is 2. The van der Waals surface area contributed by atoms with E-state index >= 15 is 0 Å². The minimum Gasteiger partial charge on any atom is -0.327 e. The van der Waals surface area contributed by atoms with Crippen LogP contribution in [0.5, 0.6) is 0 Å². The molecule has 1 aliphatic heterocycles. The molecule has 0 saturated carbocycles. The topological polar surface area (TPSA) is 75.2 Å². The highest BCUT2D eigenvalue weighted by Crippen LogP contribution is 2.29. The van der Waals surface area contributed by atoms with E-state index in [0.717, 1.165) is 22.6 Å². The standard InChI is InChI=1S/C21H18Cl2N4O2S/c1-12-4-6-13(7-5-12)19-25-26-21(30-19)24-18(28)17-3-2-10-27(17)20(29)15-9-8-14(22)11-16(15)23/h4-9,11,17H,2-3,10H2,1H3,(H,24,26,28). The number of likely N-dealkylation sites (tertiary alicyclic amines) is 1. The van der Waals surface area contributed by atoms with Crippen LogP contribution in [-0.2, 0) is 4.79 Å². The minimum atomic E-state index is -0.587. The van der Waals surface area contributed by atoms with Gasteiger partial charge in [0.25, 0.3) is 5.91 Å². The van der Waals surface area contributed by atoms with Crippen LogP contribution in [0.2, 0.25) is 10.0 Å². The summed E-state index contributed by atoms with van der Waals surface area (Å²) in [6.07, 6.45) is 1.31. The Balaban J connectivity index is 1.47. The number of carbonyl (C=O) groups is 2. The molecule has 1 atom stereocenters. The molecule has 4 rings (SSSR count). The lowest BCUT2D eigenvalue weighted by atomic mass is 10.1. The van der Waals surface area contributed by atoms with Crippen LogP contribution in [0.4, 0.5) is 5.13 Å². The van der Waals surface area contributed by atoms with Gasteiger partial charge < -0.3 is 4.90 Å². The molecule has 6 nitrogen and oxygen atoms in total. The molecular weight excluding hydrogens is 443 g/mol. The van der Waals surface area contributed by atoms with E-state index in [1.807, 2.05) is 31.2 Å². The van der Waals surface area contributed by atoms with E-state index in [4.69, 9.17) is 23.2 Å². The van der Waals surface area contributed by atoms with Crippen molar-refractivity contribution in [3.63, 3.8) is 0 Å². The summed E-state index contributed by atoms with van der Waals surface area (Å²) in [6.45, 7) is 2.50. The number of benzene rings is 2. The molecule has 154 valence electrons. The second kappa shape index (κ2) is 8.71. The van der Waals surface area contributed by atoms with Gasteiger partial charge in [-0.25, -0.2) is 0 Å². The van der Waals surface area contributed by atoms with Crippen LogP contribution in [-0.4, -0.2) is 39.5 Å². The number of hydrogen-bond acceptors (Lipinski definition) is 5. The lowest BCUT2D eigenvalue weighted by molar-refractivity contribution is -0.119. The van der Waals surface area contributed by atoms with Crippen molar-refractivity contribution in [2.24, 2.45) is 0 Å². The van der Waals surface area contributed by atoms with Gasteiger partial charge in [0.15, 0.2) is 0 Å². The summed E-state index contributed by atoms with van der Waals surface area (Å²) < 4.78 is 0. The van der Waals surface area contributed by atoms with Gasteiger partial charge in [-0.2, -0.15) is 0 Å². The Kier molecular flexibility index (Phi) is 6.04. The Morgan fingerprint density at radius 2 is 1.90 bits per heavy atom. The van der Waals surface area contributed by atoms with Gasteiger partial charge in [-0.3, -0.25) is 14.9 Å². The molecule has 2 heterocycles. The van der Waals surface area contributed by atoms with Crippen LogP contribution in [0.3, 0.4) is 0 Å². The predicted molar refractivity (Wildman–Crippen MR) is 119 cm³/mol. The maximum atomic E-state index is 13.0. The molecule has 0 aliphatic carbocycles. The molecule has 2 aromatic carbocycles. The van der Waals surface area contributed by atoms with Crippen molar-refractivity contribution >= 4 is 51.5 Å². The summed E-state index contributed by atoms with van der Waals surface area (Å²) in [5, 5.41) is 12.9. The molecule has 1 N–H and O–H groups in total. The van der Waals surface area contributed by atoms with Crippen LogP contribution in [0.1, 0.15) is 28.8 Å². The number of aryl methyl sites for hydroxylation is 1. The van der Waals surface area contributed by atoms with Crippen LogP contribution >= 0.6 is 34.5 Å². The predicted octanol–water partition coefficient (Wildman–Crippen LogP) is 5.06. The first kappa shape index (κ1) is 20.8. The number of nitrogens with one attached hydrogen (secondary N) is 1. The Morgan fingerprint density at radius 3 is 2.63 bits per heavy atom. The number of amides is 2. The molecule has 1 aromatic heterocycles. The van der Waals surface area contributed by atoms with Gasteiger partial charge in [0.05, 0.1) is 10.6 Å². The molecule has 1 unspecified atom stereocenters. The van der Waals surface area contributed by atoms with Crippen molar-refractivity contribution in [2.75, 3.05) is 11.9 Å². The molecular formula is C21H18Cl2N4O2S. The van der Waals surface area contributed by atoms with Gasteiger partial charge in [-0.05, 0) is 38.0 Å². The zero-order valence-electron chi connectivity index (χ0n) is 16.1. The Hall–Kier alpha value is -2.48. The Bertz CT molecular complexity index is 1100. The van der Waals surface area contributed by atoms with Crippen LogP contribution in [0.25, 0.3) is 10.6 Å². The highest BCUT2D eigenvalue weighted by atomic mass is 35.5. The summed E-state index contributed by atoms with van der Waals surface area (Å²) in [5.41, 5.74) is 2.43. The number of halogens is 2. The zero-order valence-corrected chi connectivity index (χ0v) is 18.4. The van der Waals surface area contributed by atoms with Crippen molar-refractivity contribution in [1.29, 1.82) is 0 Å². The first-order valence-electron chi connectivity index (χ1n) is 9.40. The molecule has 1 saturated heterocycles. The SMILES string of the molecule is Cc1ccc(-c2nnc(NC(=O)C3CCCN3C(=O)c3ccc(Cl)cc3Cl)s2)cc1. The number of aromatic nitrogens is 2. The largest absolute Gasteiger partial charge is 0.327 e. The van der Waals surface area contributed by atoms with Gasteiger partial charge in [0, 0.05) is 17.1 Å². The average molecular weight is 461 g/mol. The van der Waals surface area contributed by atoms with Crippen LogP contribution in [0.15, 0.2) is 42.5 Å². The summed E-state index contributed by atoms with van der Waals surface area (Å²) >= 11 is 13.4. The molecule has 2 amide bonds. The fourth-order valence-corrected chi connectivity index (χ4v) is 4.62. The Labute approximate surface area is 187 Å². The van der Waals surface area contributed by atoms with E-state index in [1.54, 1.807) is 17.0 Å². The number of hydrogen-bond donors (Lipinski definition) is 1. The lowest BCUT2D eigenvalue weighted by Crippen LogP contribution is -2.43. The maximum Gasteiger partial charge on any atom is 0.256 e. The van der Waals surface area contributed by atoms with Gasteiger partial charge in [0.2, 0.25) is 11.0 Å². The van der Waals surface area contributed by atoms with Gasteiger partial charge in [-0.1, -0.05) is 64.4 Å². The number of rotatable bonds is 4. The fraction of sp³-hybridized carbons (Fsp3) is 0.238. The fourth-order valence-electron chi connectivity index (χ4n) is 3.38. The molecule has 0 bridgehead atoms. The molecule has 9 heteroatoms. The first-order chi connectivity index (χ1) is 14.4. The highest BCUT2D eigenvalue weighted by Gasteiger charge is 2.35. The monoisotopic (exact) mass is 460 g/mol. The minimum absolute atomic E-state index is 0.269. The van der Waals surface area contributed by atoms with E-state index in [9.17, 15) is 9.59 Å². The molecule has 0 spiro atoms. The van der Waals surface area contributed by atoms with E-state index in [-0.39, 0.29) is 16.8 Å². The van der Waals surface area contributed by atoms with Gasteiger partial charge >= 0.3 is 0 Å². The number of anilines is 1. The molecule has 3 aromatic rings. The quantitative estimate of drug-likeness (QED) is 0.589. The third kappa shape index (κ3) is 4.33. The normalized spacial score (nSPS) is 16.0. The van der Waals surface area contributed by atoms with E-state index < -0.39 is 6.04 Å². The maximum absolute atomic E-state index is 13.0. The Morgan fingerprint density at radius 1 is 1.13 bits per heavy atom. The highest BCUT2D eigenvalue weighted by molar-refractivity contribution is 7.18. The summed E-state index contributed by atoms with van der Waals surface area (Å²) in [4.78, 5) is 27.4. The third-order valence-electron chi connectivity index (χ3n) is 4.93.